The summed E-state index contributed by atoms with van der Waals surface area (Å²) < 4.78 is 0. The molecular weight excluding hydrogens is 293 g/mol. The van der Waals surface area contributed by atoms with Crippen molar-refractivity contribution in [2.45, 2.75) is 0 Å². The van der Waals surface area contributed by atoms with Crippen molar-refractivity contribution in [1.29, 1.82) is 0 Å². The predicted octanol–water partition coefficient (Wildman–Crippen LogP) is 4.51. The zero-order valence-corrected chi connectivity index (χ0v) is 11.8. The number of aromatic nitrogens is 3. The first-order valence-electron chi connectivity index (χ1n) is 5.93. The number of halogens is 2. The first-order chi connectivity index (χ1) is 9.75. The van der Waals surface area contributed by atoms with Crippen molar-refractivity contribution >= 4 is 23.2 Å². The summed E-state index contributed by atoms with van der Waals surface area (Å²) >= 11 is 12.2. The van der Waals surface area contributed by atoms with Gasteiger partial charge in [-0.25, -0.2) is 0 Å². The van der Waals surface area contributed by atoms with Crippen LogP contribution in [0.1, 0.15) is 0 Å². The lowest BCUT2D eigenvalue weighted by atomic mass is 9.98. The first-order valence-corrected chi connectivity index (χ1v) is 6.69. The number of pyridine rings is 1. The molecule has 0 radical (unpaired) electrons. The van der Waals surface area contributed by atoms with E-state index in [2.05, 4.69) is 15.2 Å². The lowest BCUT2D eigenvalue weighted by Gasteiger charge is -2.10. The fraction of sp³-hybridized carbons (Fsp3) is 0. The minimum atomic E-state index is 0.363. The van der Waals surface area contributed by atoms with Crippen molar-refractivity contribution in [2.24, 2.45) is 0 Å². The molecule has 0 N–H and O–H groups in total. The van der Waals surface area contributed by atoms with Gasteiger partial charge in [0.2, 0.25) is 0 Å². The molecule has 98 valence electrons. The van der Waals surface area contributed by atoms with Gasteiger partial charge in [0, 0.05) is 28.5 Å². The Morgan fingerprint density at radius 3 is 2.20 bits per heavy atom. The lowest BCUT2D eigenvalue weighted by Crippen LogP contribution is -1.92. The molecular formula is C15H9Cl2N3. The molecule has 3 nitrogen and oxygen atoms in total. The fourth-order valence-corrected chi connectivity index (χ4v) is 2.39. The van der Waals surface area contributed by atoms with Crippen LogP contribution in [0.25, 0.3) is 22.3 Å². The lowest BCUT2D eigenvalue weighted by molar-refractivity contribution is 1.04. The Balaban J connectivity index is 2.22. The highest BCUT2D eigenvalue weighted by atomic mass is 35.5. The van der Waals surface area contributed by atoms with Gasteiger partial charge in [-0.2, -0.15) is 5.10 Å². The zero-order valence-electron chi connectivity index (χ0n) is 10.3. The number of nitrogens with zero attached hydrogens (tertiary/aromatic N) is 3. The first kappa shape index (κ1) is 13.0. The summed E-state index contributed by atoms with van der Waals surface area (Å²) in [7, 11) is 0. The molecule has 0 aliphatic carbocycles. The number of hydrogen-bond acceptors (Lipinski definition) is 3. The third kappa shape index (κ3) is 2.50. The molecule has 1 aromatic carbocycles. The molecule has 0 bridgehead atoms. The maximum Gasteiger partial charge on any atom is 0.160 e. The highest BCUT2D eigenvalue weighted by molar-refractivity contribution is 6.33. The minimum absolute atomic E-state index is 0.363. The highest BCUT2D eigenvalue weighted by Crippen LogP contribution is 2.35. The summed E-state index contributed by atoms with van der Waals surface area (Å²) in [6.45, 7) is 0. The minimum Gasteiger partial charge on any atom is -0.265 e. The van der Waals surface area contributed by atoms with Crippen LogP contribution in [-0.2, 0) is 0 Å². The fourth-order valence-electron chi connectivity index (χ4n) is 2.00. The van der Waals surface area contributed by atoms with Crippen molar-refractivity contribution in [3.63, 3.8) is 0 Å². The quantitative estimate of drug-likeness (QED) is 0.699. The maximum atomic E-state index is 6.23. The van der Waals surface area contributed by atoms with Gasteiger partial charge >= 0.3 is 0 Å². The Morgan fingerprint density at radius 1 is 0.800 bits per heavy atom. The van der Waals surface area contributed by atoms with Crippen molar-refractivity contribution in [3.8, 4) is 22.3 Å². The molecule has 0 saturated carbocycles. The Hall–Kier alpha value is -1.97. The van der Waals surface area contributed by atoms with Crippen LogP contribution in [0.5, 0.6) is 0 Å². The monoisotopic (exact) mass is 301 g/mol. The van der Waals surface area contributed by atoms with E-state index in [0.717, 1.165) is 22.3 Å². The average Bonchev–Trinajstić information content (AvgIpc) is 2.49. The van der Waals surface area contributed by atoms with E-state index < -0.39 is 0 Å². The molecule has 0 spiro atoms. The molecule has 3 aromatic rings. The van der Waals surface area contributed by atoms with Gasteiger partial charge in [-0.1, -0.05) is 35.3 Å². The van der Waals surface area contributed by atoms with Gasteiger partial charge < -0.3 is 0 Å². The van der Waals surface area contributed by atoms with Crippen LogP contribution in [0.3, 0.4) is 0 Å². The highest BCUT2D eigenvalue weighted by Gasteiger charge is 2.13. The standard InChI is InChI=1S/C15H9Cl2N3/c16-12-3-1-11(2-4-12)14-13(9-19-20-15(14)17)10-5-7-18-8-6-10/h1-9H. The molecule has 3 rings (SSSR count). The Morgan fingerprint density at radius 2 is 1.50 bits per heavy atom. The summed E-state index contributed by atoms with van der Waals surface area (Å²) in [6, 6.07) is 11.3. The Labute approximate surface area is 126 Å². The van der Waals surface area contributed by atoms with Crippen molar-refractivity contribution in [2.75, 3.05) is 0 Å². The van der Waals surface area contributed by atoms with Crippen molar-refractivity contribution < 1.29 is 0 Å². The van der Waals surface area contributed by atoms with E-state index in [9.17, 15) is 0 Å². The van der Waals surface area contributed by atoms with E-state index in [1.54, 1.807) is 18.6 Å². The van der Waals surface area contributed by atoms with Crippen LogP contribution in [0.4, 0.5) is 0 Å². The van der Waals surface area contributed by atoms with Crippen LogP contribution >= 0.6 is 23.2 Å². The molecule has 0 saturated heterocycles. The number of rotatable bonds is 2. The summed E-state index contributed by atoms with van der Waals surface area (Å²) in [5.41, 5.74) is 3.68. The smallest absolute Gasteiger partial charge is 0.160 e. The molecule has 0 atom stereocenters. The molecule has 2 heterocycles. The second-order valence-corrected chi connectivity index (χ2v) is 4.96. The van der Waals surface area contributed by atoms with E-state index in [1.807, 2.05) is 36.4 Å². The SMILES string of the molecule is Clc1ccc(-c2c(-c3ccncc3)cnnc2Cl)cc1. The van der Waals surface area contributed by atoms with Gasteiger partial charge in [0.05, 0.1) is 6.20 Å². The third-order valence-corrected chi connectivity index (χ3v) is 3.45. The van der Waals surface area contributed by atoms with E-state index >= 15 is 0 Å². The van der Waals surface area contributed by atoms with Gasteiger partial charge in [0.15, 0.2) is 5.15 Å². The van der Waals surface area contributed by atoms with Gasteiger partial charge in [0.25, 0.3) is 0 Å². The number of benzene rings is 1. The van der Waals surface area contributed by atoms with Crippen LogP contribution < -0.4 is 0 Å². The summed E-state index contributed by atoms with van der Waals surface area (Å²) in [4.78, 5) is 4.02. The van der Waals surface area contributed by atoms with Crippen LogP contribution in [0, 0.1) is 0 Å². The van der Waals surface area contributed by atoms with Gasteiger partial charge in [-0.05, 0) is 35.4 Å². The summed E-state index contributed by atoms with van der Waals surface area (Å²) in [6.07, 6.45) is 5.16. The van der Waals surface area contributed by atoms with E-state index in [1.165, 1.54) is 0 Å². The maximum absolute atomic E-state index is 6.23. The van der Waals surface area contributed by atoms with Crippen molar-refractivity contribution in [3.05, 3.63) is 65.2 Å². The molecule has 2 aromatic heterocycles. The molecule has 0 unspecified atom stereocenters. The number of hydrogen-bond donors (Lipinski definition) is 0. The van der Waals surface area contributed by atoms with Crippen molar-refractivity contribution in [1.82, 2.24) is 15.2 Å². The Bertz CT molecular complexity index is 728. The van der Waals surface area contributed by atoms with E-state index in [4.69, 9.17) is 23.2 Å². The largest absolute Gasteiger partial charge is 0.265 e. The van der Waals surface area contributed by atoms with Crippen LogP contribution in [0.15, 0.2) is 55.0 Å². The molecule has 0 aliphatic rings. The second kappa shape index (κ2) is 5.57. The van der Waals surface area contributed by atoms with E-state index in [0.29, 0.717) is 10.2 Å². The summed E-state index contributed by atoms with van der Waals surface area (Å²) in [5, 5.41) is 8.91. The molecule has 5 heteroatoms. The zero-order chi connectivity index (χ0) is 13.9. The molecule has 0 amide bonds. The average molecular weight is 302 g/mol. The van der Waals surface area contributed by atoms with Crippen LogP contribution in [-0.4, -0.2) is 15.2 Å². The Kier molecular flexibility index (Phi) is 3.63. The molecule has 0 aliphatic heterocycles. The molecule has 20 heavy (non-hydrogen) atoms. The summed E-state index contributed by atoms with van der Waals surface area (Å²) in [5.74, 6) is 0. The predicted molar refractivity (Wildman–Crippen MR) is 80.7 cm³/mol. The molecule has 0 fully saturated rings. The third-order valence-electron chi connectivity index (χ3n) is 2.93. The van der Waals surface area contributed by atoms with Crippen LogP contribution in [0.2, 0.25) is 10.2 Å². The van der Waals surface area contributed by atoms with E-state index in [-0.39, 0.29) is 0 Å². The topological polar surface area (TPSA) is 38.7 Å². The second-order valence-electron chi connectivity index (χ2n) is 4.17. The normalized spacial score (nSPS) is 10.5. The van der Waals surface area contributed by atoms with Gasteiger partial charge in [-0.3, -0.25) is 4.98 Å². The van der Waals surface area contributed by atoms with Gasteiger partial charge in [-0.15, -0.1) is 5.10 Å². The van der Waals surface area contributed by atoms with Gasteiger partial charge in [0.1, 0.15) is 0 Å².